The number of rotatable bonds is 4. The van der Waals surface area contributed by atoms with Gasteiger partial charge in [0.2, 0.25) is 0 Å². The van der Waals surface area contributed by atoms with Gasteiger partial charge in [-0.2, -0.15) is 0 Å². The van der Waals surface area contributed by atoms with Gasteiger partial charge in [0.15, 0.2) is 0 Å². The Labute approximate surface area is 124 Å². The van der Waals surface area contributed by atoms with Crippen molar-refractivity contribution in [3.63, 3.8) is 0 Å². The molecule has 6 heteroatoms. The molecule has 20 heavy (non-hydrogen) atoms. The molecule has 0 atom stereocenters. The maximum Gasteiger partial charge on any atom is 0.339 e. The van der Waals surface area contributed by atoms with Gasteiger partial charge in [0.05, 0.1) is 5.69 Å². The van der Waals surface area contributed by atoms with E-state index in [0.29, 0.717) is 16.7 Å². The summed E-state index contributed by atoms with van der Waals surface area (Å²) in [6.45, 7) is 2.21. The second kappa shape index (κ2) is 6.00. The maximum atomic E-state index is 13.9. The average molecular weight is 339 g/mol. The minimum absolute atomic E-state index is 0.0180. The molecule has 0 aliphatic heterocycles. The van der Waals surface area contributed by atoms with Crippen molar-refractivity contribution >= 4 is 33.4 Å². The van der Waals surface area contributed by atoms with Crippen LogP contribution < -0.4 is 4.90 Å². The lowest BCUT2D eigenvalue weighted by atomic mass is 10.2. The van der Waals surface area contributed by atoms with Crippen LogP contribution in [0, 0.1) is 5.82 Å². The Morgan fingerprint density at radius 1 is 1.45 bits per heavy atom. The predicted octanol–water partition coefficient (Wildman–Crippen LogP) is 3.84. The molecule has 1 aromatic carbocycles. The van der Waals surface area contributed by atoms with Crippen molar-refractivity contribution in [2.75, 3.05) is 11.4 Å². The van der Waals surface area contributed by atoms with Crippen LogP contribution in [0.15, 0.2) is 41.0 Å². The summed E-state index contributed by atoms with van der Waals surface area (Å²) in [6.07, 6.45) is 1.49. The molecule has 0 saturated heterocycles. The van der Waals surface area contributed by atoms with Crippen molar-refractivity contribution in [1.29, 1.82) is 0 Å². The predicted molar refractivity (Wildman–Crippen MR) is 78.0 cm³/mol. The summed E-state index contributed by atoms with van der Waals surface area (Å²) in [5.74, 6) is -1.31. The quantitative estimate of drug-likeness (QED) is 0.920. The first-order chi connectivity index (χ1) is 9.54. The molecule has 4 nitrogen and oxygen atoms in total. The van der Waals surface area contributed by atoms with Gasteiger partial charge in [-0.3, -0.25) is 0 Å². The number of carboxylic acids is 1. The van der Waals surface area contributed by atoms with Crippen molar-refractivity contribution in [3.05, 3.63) is 52.4 Å². The third kappa shape index (κ3) is 2.80. The van der Waals surface area contributed by atoms with Gasteiger partial charge in [-0.25, -0.2) is 14.2 Å². The van der Waals surface area contributed by atoms with Crippen molar-refractivity contribution in [1.82, 2.24) is 4.98 Å². The number of para-hydroxylation sites is 1. The first kappa shape index (κ1) is 14.5. The second-order valence-corrected chi connectivity index (χ2v) is 4.94. The van der Waals surface area contributed by atoms with Crippen molar-refractivity contribution < 1.29 is 14.3 Å². The van der Waals surface area contributed by atoms with E-state index < -0.39 is 11.8 Å². The Balaban J connectivity index is 2.58. The van der Waals surface area contributed by atoms with Gasteiger partial charge >= 0.3 is 5.97 Å². The molecule has 0 aliphatic carbocycles. The molecule has 0 amide bonds. The van der Waals surface area contributed by atoms with Gasteiger partial charge in [0.25, 0.3) is 0 Å². The first-order valence-corrected chi connectivity index (χ1v) is 6.74. The van der Waals surface area contributed by atoms with E-state index >= 15 is 0 Å². The van der Waals surface area contributed by atoms with E-state index in [1.807, 2.05) is 6.92 Å². The normalized spacial score (nSPS) is 10.3. The van der Waals surface area contributed by atoms with E-state index in [0.717, 1.165) is 0 Å². The fourth-order valence-corrected chi connectivity index (χ4v) is 2.24. The molecule has 0 fully saturated rings. The van der Waals surface area contributed by atoms with E-state index in [1.165, 1.54) is 23.2 Å². The van der Waals surface area contributed by atoms with Crippen molar-refractivity contribution in [2.24, 2.45) is 0 Å². The summed E-state index contributed by atoms with van der Waals surface area (Å²) < 4.78 is 14.5. The molecule has 0 unspecified atom stereocenters. The second-order valence-electron chi connectivity index (χ2n) is 4.03. The zero-order valence-electron chi connectivity index (χ0n) is 10.7. The number of nitrogens with zero attached hydrogens (tertiary/aromatic N) is 2. The minimum Gasteiger partial charge on any atom is -0.478 e. The van der Waals surface area contributed by atoms with Crippen LogP contribution in [-0.2, 0) is 0 Å². The molecule has 0 saturated carbocycles. The molecule has 0 radical (unpaired) electrons. The van der Waals surface area contributed by atoms with E-state index in [9.17, 15) is 14.3 Å². The summed E-state index contributed by atoms with van der Waals surface area (Å²) in [5.41, 5.74) is 0.316. The summed E-state index contributed by atoms with van der Waals surface area (Å²) in [4.78, 5) is 17.0. The average Bonchev–Trinajstić information content (AvgIpc) is 2.42. The van der Waals surface area contributed by atoms with Crippen LogP contribution in [0.25, 0.3) is 0 Å². The highest BCUT2D eigenvalue weighted by atomic mass is 79.9. The van der Waals surface area contributed by atoms with Crippen LogP contribution in [-0.4, -0.2) is 22.6 Å². The van der Waals surface area contributed by atoms with E-state index in [2.05, 4.69) is 20.9 Å². The van der Waals surface area contributed by atoms with Crippen LogP contribution in [0.1, 0.15) is 17.3 Å². The fraction of sp³-hybridized carbons (Fsp3) is 0.143. The molecule has 2 aromatic rings. The lowest BCUT2D eigenvalue weighted by Gasteiger charge is -2.24. The van der Waals surface area contributed by atoms with E-state index in [4.69, 9.17) is 0 Å². The van der Waals surface area contributed by atoms with Gasteiger partial charge in [-0.15, -0.1) is 0 Å². The number of halogens is 2. The zero-order valence-corrected chi connectivity index (χ0v) is 12.3. The number of aromatic carboxylic acids is 1. The summed E-state index contributed by atoms with van der Waals surface area (Å²) in [5, 5.41) is 9.27. The van der Waals surface area contributed by atoms with Crippen LogP contribution in [0.3, 0.4) is 0 Å². The number of hydrogen-bond acceptors (Lipinski definition) is 3. The van der Waals surface area contributed by atoms with Gasteiger partial charge in [0, 0.05) is 17.2 Å². The smallest absolute Gasteiger partial charge is 0.339 e. The van der Waals surface area contributed by atoms with Crippen molar-refractivity contribution in [2.45, 2.75) is 6.92 Å². The van der Waals surface area contributed by atoms with Crippen LogP contribution >= 0.6 is 15.9 Å². The molecule has 2 rings (SSSR count). The maximum absolute atomic E-state index is 13.9. The van der Waals surface area contributed by atoms with Crippen molar-refractivity contribution in [3.8, 4) is 0 Å². The minimum atomic E-state index is -1.11. The largest absolute Gasteiger partial charge is 0.478 e. The molecular formula is C14H12BrFN2O2. The van der Waals surface area contributed by atoms with E-state index in [1.54, 1.807) is 18.2 Å². The molecule has 0 spiro atoms. The molecule has 1 heterocycles. The number of benzene rings is 1. The molecule has 1 aromatic heterocycles. The highest BCUT2D eigenvalue weighted by Gasteiger charge is 2.20. The van der Waals surface area contributed by atoms with E-state index in [-0.39, 0.29) is 11.4 Å². The number of aromatic nitrogens is 1. The van der Waals surface area contributed by atoms with Crippen LogP contribution in [0.5, 0.6) is 0 Å². The molecule has 0 bridgehead atoms. The number of pyridine rings is 1. The SMILES string of the molecule is CCN(c1ccccc1F)c1ncc(Br)cc1C(=O)O. The van der Waals surface area contributed by atoms with Gasteiger partial charge in [-0.1, -0.05) is 12.1 Å². The lowest BCUT2D eigenvalue weighted by Crippen LogP contribution is -2.21. The Morgan fingerprint density at radius 2 is 2.15 bits per heavy atom. The number of hydrogen-bond donors (Lipinski definition) is 1. The number of anilines is 2. The standard InChI is InChI=1S/C14H12BrFN2O2/c1-2-18(12-6-4-3-5-11(12)16)13-10(14(19)20)7-9(15)8-17-13/h3-8H,2H2,1H3,(H,19,20). The monoisotopic (exact) mass is 338 g/mol. The lowest BCUT2D eigenvalue weighted by molar-refractivity contribution is 0.0697. The van der Waals surface area contributed by atoms with Gasteiger partial charge < -0.3 is 10.0 Å². The van der Waals surface area contributed by atoms with Gasteiger partial charge in [0.1, 0.15) is 17.2 Å². The molecular weight excluding hydrogens is 327 g/mol. The molecule has 0 aliphatic rings. The molecule has 104 valence electrons. The van der Waals surface area contributed by atoms with Crippen LogP contribution in [0.4, 0.5) is 15.9 Å². The summed E-state index contributed by atoms with van der Waals surface area (Å²) in [6, 6.07) is 7.65. The Hall–Kier alpha value is -1.95. The Kier molecular flexibility index (Phi) is 4.34. The van der Waals surface area contributed by atoms with Gasteiger partial charge in [-0.05, 0) is 41.1 Å². The first-order valence-electron chi connectivity index (χ1n) is 5.95. The fourth-order valence-electron chi connectivity index (χ4n) is 1.91. The highest BCUT2D eigenvalue weighted by Crippen LogP contribution is 2.29. The number of carbonyl (C=O) groups is 1. The Morgan fingerprint density at radius 3 is 2.75 bits per heavy atom. The number of carboxylic acid groups (broad SMARTS) is 1. The zero-order chi connectivity index (χ0) is 14.7. The summed E-state index contributed by atoms with van der Waals surface area (Å²) >= 11 is 3.19. The summed E-state index contributed by atoms with van der Waals surface area (Å²) in [7, 11) is 0. The van der Waals surface area contributed by atoms with Crippen LogP contribution in [0.2, 0.25) is 0 Å². The third-order valence-corrected chi connectivity index (χ3v) is 3.21. The topological polar surface area (TPSA) is 53.4 Å². The highest BCUT2D eigenvalue weighted by molar-refractivity contribution is 9.10. The molecule has 1 N–H and O–H groups in total. The third-order valence-electron chi connectivity index (χ3n) is 2.78. The Bertz CT molecular complexity index is 649.